The summed E-state index contributed by atoms with van der Waals surface area (Å²) in [7, 11) is -3.18. The summed E-state index contributed by atoms with van der Waals surface area (Å²) in [5.41, 5.74) is 0. The van der Waals surface area contributed by atoms with Gasteiger partial charge in [-0.2, -0.15) is 0 Å². The maximum Gasteiger partial charge on any atom is 0.211 e. The standard InChI is InChI=1S/C9H21NO3S/c1-4-5-6-14(12,13)10-7-9(11)8(2)3/h8-11H,4-7H2,1-3H3. The third kappa shape index (κ3) is 6.34. The van der Waals surface area contributed by atoms with E-state index >= 15 is 0 Å². The van der Waals surface area contributed by atoms with Crippen molar-refractivity contribution in [1.82, 2.24) is 4.72 Å². The van der Waals surface area contributed by atoms with Gasteiger partial charge in [0.05, 0.1) is 11.9 Å². The van der Waals surface area contributed by atoms with Crippen molar-refractivity contribution in [3.05, 3.63) is 0 Å². The average Bonchev–Trinajstić information content (AvgIpc) is 2.11. The van der Waals surface area contributed by atoms with E-state index in [2.05, 4.69) is 4.72 Å². The zero-order chi connectivity index (χ0) is 11.2. The summed E-state index contributed by atoms with van der Waals surface area (Å²) in [4.78, 5) is 0. The van der Waals surface area contributed by atoms with Crippen LogP contribution in [0.1, 0.15) is 33.6 Å². The first-order valence-electron chi connectivity index (χ1n) is 5.04. The summed E-state index contributed by atoms with van der Waals surface area (Å²) < 4.78 is 25.0. The molecule has 5 heteroatoms. The molecule has 0 aliphatic heterocycles. The van der Waals surface area contributed by atoms with Crippen LogP contribution in [0.3, 0.4) is 0 Å². The van der Waals surface area contributed by atoms with E-state index in [-0.39, 0.29) is 18.2 Å². The fraction of sp³-hybridized carbons (Fsp3) is 1.00. The smallest absolute Gasteiger partial charge is 0.211 e. The number of nitrogens with one attached hydrogen (secondary N) is 1. The Morgan fingerprint density at radius 2 is 1.93 bits per heavy atom. The van der Waals surface area contributed by atoms with Crippen molar-refractivity contribution in [1.29, 1.82) is 0 Å². The molecule has 0 amide bonds. The molecule has 0 saturated heterocycles. The van der Waals surface area contributed by atoms with Crippen LogP contribution in [0, 0.1) is 5.92 Å². The van der Waals surface area contributed by atoms with Crippen LogP contribution in [0.4, 0.5) is 0 Å². The van der Waals surface area contributed by atoms with Gasteiger partial charge in [0.1, 0.15) is 0 Å². The molecule has 14 heavy (non-hydrogen) atoms. The van der Waals surface area contributed by atoms with E-state index < -0.39 is 16.1 Å². The normalized spacial score (nSPS) is 14.6. The fourth-order valence-electron chi connectivity index (χ4n) is 0.855. The van der Waals surface area contributed by atoms with Crippen molar-refractivity contribution < 1.29 is 13.5 Å². The molecule has 0 radical (unpaired) electrons. The largest absolute Gasteiger partial charge is 0.391 e. The Hall–Kier alpha value is -0.130. The minimum atomic E-state index is -3.18. The van der Waals surface area contributed by atoms with Gasteiger partial charge in [-0.1, -0.05) is 27.2 Å². The van der Waals surface area contributed by atoms with Gasteiger partial charge in [0.2, 0.25) is 10.0 Å². The quantitative estimate of drug-likeness (QED) is 0.668. The van der Waals surface area contributed by atoms with Crippen molar-refractivity contribution >= 4 is 10.0 Å². The van der Waals surface area contributed by atoms with Gasteiger partial charge >= 0.3 is 0 Å². The third-order valence-corrected chi connectivity index (χ3v) is 3.48. The van der Waals surface area contributed by atoms with Crippen LogP contribution < -0.4 is 4.72 Å². The number of sulfonamides is 1. The van der Waals surface area contributed by atoms with Crippen LogP contribution in [-0.2, 0) is 10.0 Å². The highest BCUT2D eigenvalue weighted by Gasteiger charge is 2.14. The SMILES string of the molecule is CCCCS(=O)(=O)NCC(O)C(C)C. The lowest BCUT2D eigenvalue weighted by Crippen LogP contribution is -2.35. The number of hydrogen-bond donors (Lipinski definition) is 2. The molecule has 0 bridgehead atoms. The maximum absolute atomic E-state index is 11.3. The van der Waals surface area contributed by atoms with Crippen LogP contribution in [0.2, 0.25) is 0 Å². The lowest BCUT2D eigenvalue weighted by atomic mass is 10.1. The Kier molecular flexibility index (Phi) is 6.31. The number of hydrogen-bond acceptors (Lipinski definition) is 3. The van der Waals surface area contributed by atoms with Gasteiger partial charge < -0.3 is 5.11 Å². The molecule has 0 heterocycles. The molecule has 2 N–H and O–H groups in total. The highest BCUT2D eigenvalue weighted by Crippen LogP contribution is 2.00. The highest BCUT2D eigenvalue weighted by atomic mass is 32.2. The zero-order valence-corrected chi connectivity index (χ0v) is 9.97. The first kappa shape index (κ1) is 13.9. The number of aliphatic hydroxyl groups excluding tert-OH is 1. The molecule has 1 unspecified atom stereocenters. The molecule has 1 atom stereocenters. The first-order chi connectivity index (χ1) is 6.39. The zero-order valence-electron chi connectivity index (χ0n) is 9.16. The monoisotopic (exact) mass is 223 g/mol. The molecule has 0 aliphatic rings. The molecule has 4 nitrogen and oxygen atoms in total. The molecule has 0 aliphatic carbocycles. The summed E-state index contributed by atoms with van der Waals surface area (Å²) in [6.45, 7) is 5.76. The molecule has 0 rings (SSSR count). The van der Waals surface area contributed by atoms with Crippen LogP contribution >= 0.6 is 0 Å². The van der Waals surface area contributed by atoms with Crippen molar-refractivity contribution in [3.63, 3.8) is 0 Å². The van der Waals surface area contributed by atoms with Crippen molar-refractivity contribution in [2.45, 2.75) is 39.7 Å². The predicted molar refractivity (Wildman–Crippen MR) is 57.5 cm³/mol. The van der Waals surface area contributed by atoms with E-state index in [0.29, 0.717) is 6.42 Å². The minimum Gasteiger partial charge on any atom is -0.391 e. The summed E-state index contributed by atoms with van der Waals surface area (Å²) in [6, 6.07) is 0. The fourth-order valence-corrected chi connectivity index (χ4v) is 2.09. The van der Waals surface area contributed by atoms with E-state index in [0.717, 1.165) is 6.42 Å². The molecule has 86 valence electrons. The van der Waals surface area contributed by atoms with E-state index in [1.807, 2.05) is 20.8 Å². The van der Waals surface area contributed by atoms with Gasteiger partial charge in [-0.25, -0.2) is 13.1 Å². The number of unbranched alkanes of at least 4 members (excludes halogenated alkanes) is 1. The highest BCUT2D eigenvalue weighted by molar-refractivity contribution is 7.89. The molecule has 0 aromatic rings. The molecule has 0 spiro atoms. The molecule has 0 aromatic heterocycles. The van der Waals surface area contributed by atoms with Gasteiger partial charge in [0.15, 0.2) is 0 Å². The van der Waals surface area contributed by atoms with E-state index in [1.165, 1.54) is 0 Å². The second-order valence-corrected chi connectivity index (χ2v) is 5.76. The van der Waals surface area contributed by atoms with Crippen LogP contribution in [0.5, 0.6) is 0 Å². The van der Waals surface area contributed by atoms with Crippen molar-refractivity contribution in [2.75, 3.05) is 12.3 Å². The van der Waals surface area contributed by atoms with Gasteiger partial charge in [-0.05, 0) is 12.3 Å². The molecule has 0 aromatic carbocycles. The average molecular weight is 223 g/mol. The first-order valence-corrected chi connectivity index (χ1v) is 6.69. The summed E-state index contributed by atoms with van der Waals surface area (Å²) in [5, 5.41) is 9.39. The number of rotatable bonds is 7. The summed E-state index contributed by atoms with van der Waals surface area (Å²) in [5.74, 6) is 0.220. The third-order valence-electron chi connectivity index (χ3n) is 2.05. The van der Waals surface area contributed by atoms with Gasteiger partial charge in [0.25, 0.3) is 0 Å². The van der Waals surface area contributed by atoms with Gasteiger partial charge in [-0.3, -0.25) is 0 Å². The van der Waals surface area contributed by atoms with Crippen molar-refractivity contribution in [2.24, 2.45) is 5.92 Å². The molecule has 0 fully saturated rings. The van der Waals surface area contributed by atoms with Crippen LogP contribution in [0.15, 0.2) is 0 Å². The lowest BCUT2D eigenvalue weighted by molar-refractivity contribution is 0.129. The number of aliphatic hydroxyl groups is 1. The van der Waals surface area contributed by atoms with E-state index in [4.69, 9.17) is 0 Å². The topological polar surface area (TPSA) is 66.4 Å². The molecular weight excluding hydrogens is 202 g/mol. The summed E-state index contributed by atoms with van der Waals surface area (Å²) in [6.07, 6.45) is 0.909. The predicted octanol–water partition coefficient (Wildman–Crippen LogP) is 0.723. The second-order valence-electron chi connectivity index (χ2n) is 3.83. The van der Waals surface area contributed by atoms with Crippen LogP contribution in [-0.4, -0.2) is 31.9 Å². The summed E-state index contributed by atoms with van der Waals surface area (Å²) >= 11 is 0. The van der Waals surface area contributed by atoms with E-state index in [9.17, 15) is 13.5 Å². The second kappa shape index (κ2) is 6.37. The van der Waals surface area contributed by atoms with E-state index in [1.54, 1.807) is 0 Å². The lowest BCUT2D eigenvalue weighted by Gasteiger charge is -2.14. The maximum atomic E-state index is 11.3. The Morgan fingerprint density at radius 1 is 1.36 bits per heavy atom. The minimum absolute atomic E-state index is 0.0730. The van der Waals surface area contributed by atoms with Gasteiger partial charge in [-0.15, -0.1) is 0 Å². The van der Waals surface area contributed by atoms with Gasteiger partial charge in [0, 0.05) is 6.54 Å². The Morgan fingerprint density at radius 3 is 2.36 bits per heavy atom. The van der Waals surface area contributed by atoms with Crippen molar-refractivity contribution in [3.8, 4) is 0 Å². The Balaban J connectivity index is 3.87. The molecule has 0 saturated carbocycles. The molecular formula is C9H21NO3S. The Labute approximate surface area is 86.8 Å². The Bertz CT molecular complexity index is 236. The van der Waals surface area contributed by atoms with Crippen LogP contribution in [0.25, 0.3) is 0 Å².